The van der Waals surface area contributed by atoms with Crippen molar-refractivity contribution in [2.24, 2.45) is 7.05 Å². The lowest BCUT2D eigenvalue weighted by atomic mass is 10.1. The molecule has 0 saturated heterocycles. The van der Waals surface area contributed by atoms with Crippen LogP contribution < -0.4 is 4.90 Å². The average molecular weight is 318 g/mol. The molecule has 0 atom stereocenters. The van der Waals surface area contributed by atoms with E-state index in [2.05, 4.69) is 10.1 Å². The summed E-state index contributed by atoms with van der Waals surface area (Å²) in [5.41, 5.74) is 1.12. The highest BCUT2D eigenvalue weighted by Crippen LogP contribution is 2.38. The van der Waals surface area contributed by atoms with Crippen molar-refractivity contribution in [3.8, 4) is 0 Å². The van der Waals surface area contributed by atoms with Crippen molar-refractivity contribution in [3.05, 3.63) is 41.0 Å². The standard InChI is InChI=1S/C16H16F2N4O/c1-21-14(19-16(20-21)9-2-3-9)8-15(23)22-5-4-10-6-11(17)12(18)7-13(10)22/h6-7,9H,2-5,8H2,1H3. The highest BCUT2D eigenvalue weighted by atomic mass is 19.2. The number of nitrogens with zero attached hydrogens (tertiary/aromatic N) is 4. The number of amides is 1. The zero-order valence-corrected chi connectivity index (χ0v) is 12.7. The fourth-order valence-corrected chi connectivity index (χ4v) is 2.98. The van der Waals surface area contributed by atoms with Gasteiger partial charge in [0.2, 0.25) is 5.91 Å². The Morgan fingerprint density at radius 3 is 2.78 bits per heavy atom. The SMILES string of the molecule is Cn1nc(C2CC2)nc1CC(=O)N1CCc2cc(F)c(F)cc21. The van der Waals surface area contributed by atoms with Crippen molar-refractivity contribution in [2.75, 3.05) is 11.4 Å². The quantitative estimate of drug-likeness (QED) is 0.871. The van der Waals surface area contributed by atoms with Crippen molar-refractivity contribution in [1.82, 2.24) is 14.8 Å². The predicted molar refractivity (Wildman–Crippen MR) is 79.1 cm³/mol. The van der Waals surface area contributed by atoms with Gasteiger partial charge in [-0.05, 0) is 30.9 Å². The summed E-state index contributed by atoms with van der Waals surface area (Å²) >= 11 is 0. The van der Waals surface area contributed by atoms with E-state index in [1.807, 2.05) is 0 Å². The summed E-state index contributed by atoms with van der Waals surface area (Å²) in [6.07, 6.45) is 2.84. The molecule has 1 fully saturated rings. The largest absolute Gasteiger partial charge is 0.311 e. The number of carbonyl (C=O) groups is 1. The summed E-state index contributed by atoms with van der Waals surface area (Å²) in [4.78, 5) is 18.5. The number of hydrogen-bond acceptors (Lipinski definition) is 3. The molecule has 0 bridgehead atoms. The highest BCUT2D eigenvalue weighted by molar-refractivity contribution is 5.96. The molecule has 2 heterocycles. The van der Waals surface area contributed by atoms with Gasteiger partial charge in [0.1, 0.15) is 5.82 Å². The smallest absolute Gasteiger partial charge is 0.234 e. The summed E-state index contributed by atoms with van der Waals surface area (Å²) in [7, 11) is 1.77. The van der Waals surface area contributed by atoms with Gasteiger partial charge in [0.15, 0.2) is 17.5 Å². The van der Waals surface area contributed by atoms with Crippen molar-refractivity contribution in [3.63, 3.8) is 0 Å². The summed E-state index contributed by atoms with van der Waals surface area (Å²) in [5.74, 6) is -0.154. The Bertz CT molecular complexity index is 798. The monoisotopic (exact) mass is 318 g/mol. The fourth-order valence-electron chi connectivity index (χ4n) is 2.98. The molecule has 5 nitrogen and oxygen atoms in total. The molecule has 1 saturated carbocycles. The lowest BCUT2D eigenvalue weighted by molar-refractivity contribution is -0.118. The van der Waals surface area contributed by atoms with Gasteiger partial charge in [0.25, 0.3) is 0 Å². The third kappa shape index (κ3) is 2.50. The first kappa shape index (κ1) is 14.3. The van der Waals surface area contributed by atoms with E-state index in [0.29, 0.717) is 36.0 Å². The minimum absolute atomic E-state index is 0.106. The van der Waals surface area contributed by atoms with Gasteiger partial charge in [-0.15, -0.1) is 0 Å². The third-order valence-corrected chi connectivity index (χ3v) is 4.44. The van der Waals surface area contributed by atoms with Gasteiger partial charge in [-0.3, -0.25) is 9.48 Å². The molecule has 0 spiro atoms. The van der Waals surface area contributed by atoms with Crippen molar-refractivity contribution in [1.29, 1.82) is 0 Å². The molecule has 1 amide bonds. The summed E-state index contributed by atoms with van der Waals surface area (Å²) in [6.45, 7) is 0.435. The normalized spacial score (nSPS) is 16.7. The molecule has 1 aromatic carbocycles. The maximum absolute atomic E-state index is 13.5. The predicted octanol–water partition coefficient (Wildman–Crippen LogP) is 2.10. The second-order valence-corrected chi connectivity index (χ2v) is 6.15. The minimum atomic E-state index is -0.932. The van der Waals surface area contributed by atoms with Crippen LogP contribution in [0.4, 0.5) is 14.5 Å². The molecule has 4 rings (SSSR count). The number of anilines is 1. The van der Waals surface area contributed by atoms with E-state index in [-0.39, 0.29) is 12.3 Å². The number of fused-ring (bicyclic) bond motifs is 1. The first-order chi connectivity index (χ1) is 11.0. The van der Waals surface area contributed by atoms with Gasteiger partial charge in [-0.2, -0.15) is 5.10 Å². The molecule has 0 N–H and O–H groups in total. The van der Waals surface area contributed by atoms with Crippen molar-refractivity contribution >= 4 is 11.6 Å². The minimum Gasteiger partial charge on any atom is -0.311 e. The molecule has 0 unspecified atom stereocenters. The van der Waals surface area contributed by atoms with Gasteiger partial charge in [-0.1, -0.05) is 0 Å². The van der Waals surface area contributed by atoms with Crippen LogP contribution in [-0.4, -0.2) is 27.2 Å². The Balaban J connectivity index is 1.56. The van der Waals surface area contributed by atoms with Crippen LogP contribution in [0.25, 0.3) is 0 Å². The van der Waals surface area contributed by atoms with E-state index in [9.17, 15) is 13.6 Å². The van der Waals surface area contributed by atoms with Crippen molar-refractivity contribution < 1.29 is 13.6 Å². The maximum Gasteiger partial charge on any atom is 0.234 e. The Kier molecular flexibility index (Phi) is 3.18. The Labute approximate surface area is 131 Å². The van der Waals surface area contributed by atoms with Gasteiger partial charge in [0, 0.05) is 25.6 Å². The molecule has 1 aromatic heterocycles. The van der Waals surface area contributed by atoms with Crippen LogP contribution in [0.5, 0.6) is 0 Å². The fraction of sp³-hybridized carbons (Fsp3) is 0.438. The van der Waals surface area contributed by atoms with Gasteiger partial charge < -0.3 is 4.90 Å². The highest BCUT2D eigenvalue weighted by Gasteiger charge is 2.30. The number of benzene rings is 1. The number of aromatic nitrogens is 3. The van der Waals surface area contributed by atoms with Crippen LogP contribution in [0.15, 0.2) is 12.1 Å². The van der Waals surface area contributed by atoms with E-state index >= 15 is 0 Å². The topological polar surface area (TPSA) is 51.0 Å². The number of hydrogen-bond donors (Lipinski definition) is 0. The summed E-state index contributed by atoms with van der Waals surface area (Å²) in [5, 5.41) is 4.35. The molecule has 23 heavy (non-hydrogen) atoms. The zero-order valence-electron chi connectivity index (χ0n) is 12.7. The Morgan fingerprint density at radius 2 is 2.04 bits per heavy atom. The second-order valence-electron chi connectivity index (χ2n) is 6.15. The lowest BCUT2D eigenvalue weighted by Crippen LogP contribution is -2.31. The molecule has 2 aromatic rings. The van der Waals surface area contributed by atoms with Crippen molar-refractivity contribution in [2.45, 2.75) is 31.6 Å². The van der Waals surface area contributed by atoms with E-state index in [1.165, 1.54) is 11.0 Å². The molecule has 2 aliphatic rings. The van der Waals surface area contributed by atoms with Gasteiger partial charge >= 0.3 is 0 Å². The van der Waals surface area contributed by atoms with Crippen LogP contribution in [0, 0.1) is 11.6 Å². The average Bonchev–Trinajstić information content (AvgIpc) is 3.19. The number of halogens is 2. The van der Waals surface area contributed by atoms with E-state index in [0.717, 1.165) is 24.7 Å². The Morgan fingerprint density at radius 1 is 1.30 bits per heavy atom. The first-order valence-corrected chi connectivity index (χ1v) is 7.71. The number of carbonyl (C=O) groups excluding carboxylic acids is 1. The maximum atomic E-state index is 13.5. The molecular weight excluding hydrogens is 302 g/mol. The van der Waals surface area contributed by atoms with E-state index in [1.54, 1.807) is 11.7 Å². The lowest BCUT2D eigenvalue weighted by Gasteiger charge is -2.17. The summed E-state index contributed by atoms with van der Waals surface area (Å²) < 4.78 is 28.4. The Hall–Kier alpha value is -2.31. The zero-order chi connectivity index (χ0) is 16.1. The third-order valence-electron chi connectivity index (χ3n) is 4.44. The molecule has 120 valence electrons. The van der Waals surface area contributed by atoms with E-state index < -0.39 is 11.6 Å². The number of aryl methyl sites for hydroxylation is 1. The van der Waals surface area contributed by atoms with E-state index in [4.69, 9.17) is 0 Å². The van der Waals surface area contributed by atoms with Crippen LogP contribution in [0.3, 0.4) is 0 Å². The molecular formula is C16H16F2N4O. The molecule has 1 aliphatic heterocycles. The molecule has 7 heteroatoms. The first-order valence-electron chi connectivity index (χ1n) is 7.71. The number of rotatable bonds is 3. The van der Waals surface area contributed by atoms with Gasteiger partial charge in [0.05, 0.1) is 12.1 Å². The molecule has 0 radical (unpaired) electrons. The van der Waals surface area contributed by atoms with Crippen LogP contribution in [0.1, 0.15) is 36.0 Å². The summed E-state index contributed by atoms with van der Waals surface area (Å²) in [6, 6.07) is 2.27. The second kappa shape index (κ2) is 5.11. The van der Waals surface area contributed by atoms with Crippen LogP contribution in [0.2, 0.25) is 0 Å². The van der Waals surface area contributed by atoms with Crippen LogP contribution >= 0.6 is 0 Å². The molecule has 1 aliphatic carbocycles. The van der Waals surface area contributed by atoms with Gasteiger partial charge in [-0.25, -0.2) is 13.8 Å². The van der Waals surface area contributed by atoms with Crippen LogP contribution in [-0.2, 0) is 24.7 Å².